The Morgan fingerprint density at radius 2 is 1.68 bits per heavy atom. The maximum Gasteiger partial charge on any atom is 0.0587 e. The Morgan fingerprint density at radius 3 is 2.21 bits per heavy atom. The summed E-state index contributed by atoms with van der Waals surface area (Å²) in [5, 5.41) is 3.47. The number of aryl methyl sites for hydroxylation is 3. The highest BCUT2D eigenvalue weighted by atomic mass is 16.5. The second-order valence-corrected chi connectivity index (χ2v) is 6.39. The van der Waals surface area contributed by atoms with E-state index in [4.69, 9.17) is 4.74 Å². The van der Waals surface area contributed by atoms with Gasteiger partial charge in [-0.3, -0.25) is 0 Å². The molecule has 0 saturated heterocycles. The van der Waals surface area contributed by atoms with Gasteiger partial charge in [0.1, 0.15) is 0 Å². The Balaban J connectivity index is 2.67. The highest BCUT2D eigenvalue weighted by Crippen LogP contribution is 2.26. The van der Waals surface area contributed by atoms with E-state index in [1.54, 1.807) is 7.11 Å². The predicted molar refractivity (Wildman–Crippen MR) is 82.9 cm³/mol. The summed E-state index contributed by atoms with van der Waals surface area (Å²) in [5.74, 6) is 0. The molecular formula is C17H29NO. The molecule has 2 heteroatoms. The quantitative estimate of drug-likeness (QED) is 0.761. The van der Waals surface area contributed by atoms with Gasteiger partial charge >= 0.3 is 0 Å². The monoisotopic (exact) mass is 263 g/mol. The first-order valence-corrected chi connectivity index (χ1v) is 7.12. The third-order valence-electron chi connectivity index (χ3n) is 3.58. The zero-order valence-electron chi connectivity index (χ0n) is 13.4. The number of rotatable bonds is 7. The summed E-state index contributed by atoms with van der Waals surface area (Å²) in [7, 11) is 1.74. The molecule has 19 heavy (non-hydrogen) atoms. The van der Waals surface area contributed by atoms with Crippen molar-refractivity contribution in [2.75, 3.05) is 26.8 Å². The van der Waals surface area contributed by atoms with E-state index < -0.39 is 0 Å². The van der Waals surface area contributed by atoms with Crippen molar-refractivity contribution < 1.29 is 4.74 Å². The van der Waals surface area contributed by atoms with Crippen LogP contribution in [-0.2, 0) is 11.2 Å². The summed E-state index contributed by atoms with van der Waals surface area (Å²) in [5.41, 5.74) is 5.96. The molecule has 0 aromatic heterocycles. The zero-order valence-corrected chi connectivity index (χ0v) is 13.4. The second-order valence-electron chi connectivity index (χ2n) is 6.39. The van der Waals surface area contributed by atoms with Crippen molar-refractivity contribution >= 4 is 0 Å². The Labute approximate surface area is 118 Å². The number of methoxy groups -OCH3 is 1. The minimum absolute atomic E-state index is 0.262. The van der Waals surface area contributed by atoms with Crippen molar-refractivity contribution in [1.29, 1.82) is 0 Å². The van der Waals surface area contributed by atoms with Crippen LogP contribution < -0.4 is 5.32 Å². The van der Waals surface area contributed by atoms with E-state index >= 15 is 0 Å². The second kappa shape index (κ2) is 7.06. The van der Waals surface area contributed by atoms with Crippen molar-refractivity contribution in [2.45, 2.75) is 41.0 Å². The maximum absolute atomic E-state index is 5.06. The van der Waals surface area contributed by atoms with Gasteiger partial charge in [0.2, 0.25) is 0 Å². The lowest BCUT2D eigenvalue weighted by Gasteiger charge is -2.27. The molecule has 1 aromatic rings. The molecule has 0 amide bonds. The van der Waals surface area contributed by atoms with E-state index in [-0.39, 0.29) is 5.41 Å². The fourth-order valence-corrected chi connectivity index (χ4v) is 2.63. The molecular weight excluding hydrogens is 234 g/mol. The summed E-state index contributed by atoms with van der Waals surface area (Å²) < 4.78 is 5.06. The highest BCUT2D eigenvalue weighted by molar-refractivity contribution is 5.38. The van der Waals surface area contributed by atoms with Crippen LogP contribution in [0.4, 0.5) is 0 Å². The van der Waals surface area contributed by atoms with E-state index in [0.29, 0.717) is 0 Å². The highest BCUT2D eigenvalue weighted by Gasteiger charge is 2.20. The van der Waals surface area contributed by atoms with Crippen LogP contribution in [0.1, 0.15) is 36.1 Å². The van der Waals surface area contributed by atoms with Gasteiger partial charge in [0.05, 0.1) is 6.61 Å². The molecule has 0 fully saturated rings. The van der Waals surface area contributed by atoms with Crippen LogP contribution in [0.15, 0.2) is 12.1 Å². The van der Waals surface area contributed by atoms with Gasteiger partial charge in [0.25, 0.3) is 0 Å². The van der Waals surface area contributed by atoms with E-state index in [2.05, 4.69) is 52.1 Å². The van der Waals surface area contributed by atoms with Crippen molar-refractivity contribution in [2.24, 2.45) is 5.41 Å². The van der Waals surface area contributed by atoms with Crippen LogP contribution in [0.25, 0.3) is 0 Å². The van der Waals surface area contributed by atoms with E-state index in [0.717, 1.165) is 26.1 Å². The topological polar surface area (TPSA) is 21.3 Å². The molecule has 0 heterocycles. The van der Waals surface area contributed by atoms with Crippen LogP contribution >= 0.6 is 0 Å². The lowest BCUT2D eigenvalue weighted by molar-refractivity contribution is 0.194. The number of nitrogens with one attached hydrogen (secondary N) is 1. The fraction of sp³-hybridized carbons (Fsp3) is 0.647. The number of benzene rings is 1. The van der Waals surface area contributed by atoms with Crippen LogP contribution in [0, 0.1) is 26.2 Å². The normalized spacial score (nSPS) is 11.9. The summed E-state index contributed by atoms with van der Waals surface area (Å²) in [6.45, 7) is 14.0. The average Bonchev–Trinajstić information content (AvgIpc) is 2.29. The largest absolute Gasteiger partial charge is 0.383 e. The first-order valence-electron chi connectivity index (χ1n) is 7.12. The average molecular weight is 263 g/mol. The SMILES string of the molecule is COCCNCC(C)(C)Cc1c(C)cc(C)cc1C. The van der Waals surface area contributed by atoms with Crippen LogP contribution in [-0.4, -0.2) is 26.8 Å². The molecule has 2 nitrogen and oxygen atoms in total. The van der Waals surface area contributed by atoms with Gasteiger partial charge < -0.3 is 10.1 Å². The Hall–Kier alpha value is -0.860. The van der Waals surface area contributed by atoms with Gasteiger partial charge in [-0.1, -0.05) is 31.5 Å². The molecule has 0 aliphatic heterocycles. The molecule has 0 bridgehead atoms. The van der Waals surface area contributed by atoms with Crippen LogP contribution in [0.2, 0.25) is 0 Å². The summed E-state index contributed by atoms with van der Waals surface area (Å²) in [6.07, 6.45) is 1.12. The van der Waals surface area contributed by atoms with Gasteiger partial charge in [-0.2, -0.15) is 0 Å². The molecule has 108 valence electrons. The van der Waals surface area contributed by atoms with Crippen LogP contribution in [0.5, 0.6) is 0 Å². The van der Waals surface area contributed by atoms with Gasteiger partial charge in [-0.15, -0.1) is 0 Å². The Kier molecular flexibility index (Phi) is 6.02. The standard InChI is InChI=1S/C17H29NO/c1-13-9-14(2)16(15(3)10-13)11-17(4,5)12-18-7-8-19-6/h9-10,18H,7-8,11-12H2,1-6H3. The van der Waals surface area contributed by atoms with Crippen LogP contribution in [0.3, 0.4) is 0 Å². The summed E-state index contributed by atoms with van der Waals surface area (Å²) in [6, 6.07) is 4.58. The molecule has 0 radical (unpaired) electrons. The molecule has 1 N–H and O–H groups in total. The van der Waals surface area contributed by atoms with Crippen molar-refractivity contribution in [3.05, 3.63) is 34.4 Å². The zero-order chi connectivity index (χ0) is 14.5. The van der Waals surface area contributed by atoms with Gasteiger partial charge in [0.15, 0.2) is 0 Å². The molecule has 0 saturated carbocycles. The smallest absolute Gasteiger partial charge is 0.0587 e. The number of hydrogen-bond donors (Lipinski definition) is 1. The van der Waals surface area contributed by atoms with Crippen molar-refractivity contribution in [1.82, 2.24) is 5.32 Å². The third-order valence-corrected chi connectivity index (χ3v) is 3.58. The lowest BCUT2D eigenvalue weighted by Crippen LogP contribution is -2.33. The Morgan fingerprint density at radius 1 is 1.11 bits per heavy atom. The molecule has 0 unspecified atom stereocenters. The lowest BCUT2D eigenvalue weighted by atomic mass is 9.82. The van der Waals surface area contributed by atoms with Gasteiger partial charge in [0, 0.05) is 20.2 Å². The third kappa shape index (κ3) is 5.33. The number of hydrogen-bond acceptors (Lipinski definition) is 2. The minimum Gasteiger partial charge on any atom is -0.383 e. The first kappa shape index (κ1) is 16.2. The molecule has 0 atom stereocenters. The Bertz CT molecular complexity index is 387. The van der Waals surface area contributed by atoms with Gasteiger partial charge in [-0.25, -0.2) is 0 Å². The van der Waals surface area contributed by atoms with E-state index in [1.165, 1.54) is 22.3 Å². The minimum atomic E-state index is 0.262. The van der Waals surface area contributed by atoms with Crippen molar-refractivity contribution in [3.63, 3.8) is 0 Å². The van der Waals surface area contributed by atoms with Gasteiger partial charge in [-0.05, 0) is 49.3 Å². The summed E-state index contributed by atoms with van der Waals surface area (Å²) in [4.78, 5) is 0. The van der Waals surface area contributed by atoms with E-state index in [9.17, 15) is 0 Å². The molecule has 1 aromatic carbocycles. The van der Waals surface area contributed by atoms with E-state index in [1.807, 2.05) is 0 Å². The maximum atomic E-state index is 5.06. The first-order chi connectivity index (χ1) is 8.85. The molecule has 1 rings (SSSR count). The number of ether oxygens (including phenoxy) is 1. The summed E-state index contributed by atoms with van der Waals surface area (Å²) >= 11 is 0. The van der Waals surface area contributed by atoms with Crippen molar-refractivity contribution in [3.8, 4) is 0 Å². The molecule has 0 aliphatic rings. The molecule has 0 aliphatic carbocycles. The molecule has 0 spiro atoms. The predicted octanol–water partition coefficient (Wildman–Crippen LogP) is 3.42. The fourth-order valence-electron chi connectivity index (χ4n) is 2.63.